The minimum absolute atomic E-state index is 0.124. The molecule has 0 spiro atoms. The first kappa shape index (κ1) is 12.1. The number of hydrogen-bond acceptors (Lipinski definition) is 2. The Morgan fingerprint density at radius 1 is 1.41 bits per heavy atom. The van der Waals surface area contributed by atoms with E-state index < -0.39 is 0 Å². The average Bonchev–Trinajstić information content (AvgIpc) is 2.51. The molecule has 1 aromatic rings. The van der Waals surface area contributed by atoms with E-state index in [0.29, 0.717) is 0 Å². The fourth-order valence-electron chi connectivity index (χ4n) is 2.63. The van der Waals surface area contributed by atoms with Crippen molar-refractivity contribution in [1.29, 1.82) is 0 Å². The molecular formula is C14H20N2O. The van der Waals surface area contributed by atoms with Crippen molar-refractivity contribution in [2.75, 3.05) is 6.54 Å². The lowest BCUT2D eigenvalue weighted by Crippen LogP contribution is -2.44. The number of carbonyl (C=O) groups excluding carboxylic acids is 1. The minimum atomic E-state index is -0.202. The van der Waals surface area contributed by atoms with Crippen LogP contribution in [-0.2, 0) is 17.8 Å². The third-order valence-electron chi connectivity index (χ3n) is 3.54. The Hall–Kier alpha value is -1.35. The molecule has 1 aliphatic rings. The molecule has 92 valence electrons. The van der Waals surface area contributed by atoms with Crippen LogP contribution in [0.2, 0.25) is 0 Å². The Morgan fingerprint density at radius 2 is 2.12 bits per heavy atom. The number of rotatable bonds is 3. The van der Waals surface area contributed by atoms with Gasteiger partial charge in [0.05, 0.1) is 6.04 Å². The molecular weight excluding hydrogens is 212 g/mol. The number of aryl methyl sites for hydroxylation is 1. The van der Waals surface area contributed by atoms with E-state index in [9.17, 15) is 4.79 Å². The van der Waals surface area contributed by atoms with Gasteiger partial charge >= 0.3 is 0 Å². The zero-order valence-corrected chi connectivity index (χ0v) is 10.4. The predicted octanol–water partition coefficient (Wildman–Crippen LogP) is 1.70. The van der Waals surface area contributed by atoms with Crippen LogP contribution >= 0.6 is 0 Å². The van der Waals surface area contributed by atoms with E-state index in [1.54, 1.807) is 0 Å². The number of amides is 1. The van der Waals surface area contributed by atoms with E-state index in [1.165, 1.54) is 11.1 Å². The van der Waals surface area contributed by atoms with Gasteiger partial charge in [-0.3, -0.25) is 9.69 Å². The molecule has 2 rings (SSSR count). The summed E-state index contributed by atoms with van der Waals surface area (Å²) in [5.74, 6) is -0.202. The summed E-state index contributed by atoms with van der Waals surface area (Å²) in [5, 5.41) is 0. The summed E-state index contributed by atoms with van der Waals surface area (Å²) in [6.45, 7) is 3.82. The molecule has 0 fully saturated rings. The normalized spacial score (nSPS) is 18.2. The first-order valence-corrected chi connectivity index (χ1v) is 6.32. The highest BCUT2D eigenvalue weighted by atomic mass is 16.1. The molecule has 1 aromatic carbocycles. The summed E-state index contributed by atoms with van der Waals surface area (Å²) in [5.41, 5.74) is 8.22. The van der Waals surface area contributed by atoms with Gasteiger partial charge in [-0.2, -0.15) is 0 Å². The van der Waals surface area contributed by atoms with Crippen LogP contribution in [0.1, 0.15) is 30.9 Å². The topological polar surface area (TPSA) is 46.3 Å². The van der Waals surface area contributed by atoms with Crippen LogP contribution in [0.4, 0.5) is 0 Å². The van der Waals surface area contributed by atoms with Crippen molar-refractivity contribution >= 4 is 5.91 Å². The molecule has 0 radical (unpaired) electrons. The summed E-state index contributed by atoms with van der Waals surface area (Å²) in [6, 6.07) is 8.36. The highest BCUT2D eigenvalue weighted by Gasteiger charge is 2.24. The Bertz CT molecular complexity index is 403. The molecule has 1 heterocycles. The molecule has 1 atom stereocenters. The molecule has 0 bridgehead atoms. The molecule has 0 aromatic heterocycles. The molecule has 0 aliphatic carbocycles. The maximum absolute atomic E-state index is 11.4. The second-order valence-corrected chi connectivity index (χ2v) is 4.67. The molecule has 0 saturated carbocycles. The highest BCUT2D eigenvalue weighted by molar-refractivity contribution is 5.79. The van der Waals surface area contributed by atoms with Gasteiger partial charge in [0.1, 0.15) is 0 Å². The van der Waals surface area contributed by atoms with Crippen molar-refractivity contribution in [2.45, 2.75) is 38.8 Å². The van der Waals surface area contributed by atoms with Crippen LogP contribution in [0.5, 0.6) is 0 Å². The molecule has 1 amide bonds. The molecule has 3 heteroatoms. The molecule has 0 saturated heterocycles. The molecule has 1 aliphatic heterocycles. The monoisotopic (exact) mass is 232 g/mol. The first-order chi connectivity index (χ1) is 8.22. The van der Waals surface area contributed by atoms with Gasteiger partial charge < -0.3 is 5.73 Å². The lowest BCUT2D eigenvalue weighted by molar-refractivity contribution is -0.123. The summed E-state index contributed by atoms with van der Waals surface area (Å²) in [4.78, 5) is 13.7. The molecule has 2 N–H and O–H groups in total. The predicted molar refractivity (Wildman–Crippen MR) is 68.4 cm³/mol. The van der Waals surface area contributed by atoms with E-state index in [2.05, 4.69) is 29.2 Å². The molecule has 1 unspecified atom stereocenters. The fourth-order valence-corrected chi connectivity index (χ4v) is 2.63. The van der Waals surface area contributed by atoms with Crippen LogP contribution < -0.4 is 5.73 Å². The number of primary amides is 1. The van der Waals surface area contributed by atoms with Crippen molar-refractivity contribution < 1.29 is 4.79 Å². The Balaban J connectivity index is 2.20. The second-order valence-electron chi connectivity index (χ2n) is 4.67. The van der Waals surface area contributed by atoms with Crippen LogP contribution in [0, 0.1) is 0 Å². The van der Waals surface area contributed by atoms with Gasteiger partial charge in [0.2, 0.25) is 5.91 Å². The maximum Gasteiger partial charge on any atom is 0.234 e. The highest BCUT2D eigenvalue weighted by Crippen LogP contribution is 2.20. The van der Waals surface area contributed by atoms with Crippen molar-refractivity contribution in [1.82, 2.24) is 4.90 Å². The van der Waals surface area contributed by atoms with Gasteiger partial charge in [-0.05, 0) is 36.9 Å². The SMILES string of the molecule is CCC(C(N)=O)N1CCCc2ccccc2C1. The molecule has 3 nitrogen and oxygen atoms in total. The zero-order chi connectivity index (χ0) is 12.3. The van der Waals surface area contributed by atoms with Gasteiger partial charge in [0.15, 0.2) is 0 Å². The Morgan fingerprint density at radius 3 is 2.76 bits per heavy atom. The first-order valence-electron chi connectivity index (χ1n) is 6.32. The van der Waals surface area contributed by atoms with E-state index in [1.807, 2.05) is 6.92 Å². The zero-order valence-electron chi connectivity index (χ0n) is 10.4. The van der Waals surface area contributed by atoms with E-state index in [4.69, 9.17) is 5.73 Å². The Kier molecular flexibility index (Phi) is 3.79. The van der Waals surface area contributed by atoms with Crippen LogP contribution in [0.3, 0.4) is 0 Å². The smallest absolute Gasteiger partial charge is 0.234 e. The summed E-state index contributed by atoms with van der Waals surface area (Å²) in [6.07, 6.45) is 2.99. The average molecular weight is 232 g/mol. The van der Waals surface area contributed by atoms with Crippen molar-refractivity contribution in [3.8, 4) is 0 Å². The van der Waals surface area contributed by atoms with Crippen LogP contribution in [0.25, 0.3) is 0 Å². The lowest BCUT2D eigenvalue weighted by Gasteiger charge is -2.27. The quantitative estimate of drug-likeness (QED) is 0.862. The Labute approximate surface area is 103 Å². The standard InChI is InChI=1S/C14H20N2O/c1-2-13(14(15)17)16-9-5-8-11-6-3-4-7-12(11)10-16/h3-4,6-7,13H,2,5,8-10H2,1H3,(H2,15,17). The minimum Gasteiger partial charge on any atom is -0.368 e. The van der Waals surface area contributed by atoms with Gasteiger partial charge in [0, 0.05) is 6.54 Å². The maximum atomic E-state index is 11.4. The number of fused-ring (bicyclic) bond motifs is 1. The van der Waals surface area contributed by atoms with Gasteiger partial charge in [-0.1, -0.05) is 31.2 Å². The third kappa shape index (κ3) is 2.67. The number of nitrogens with two attached hydrogens (primary N) is 1. The van der Waals surface area contributed by atoms with Gasteiger partial charge in [-0.15, -0.1) is 0 Å². The molecule has 17 heavy (non-hydrogen) atoms. The summed E-state index contributed by atoms with van der Waals surface area (Å²) < 4.78 is 0. The van der Waals surface area contributed by atoms with Crippen molar-refractivity contribution in [2.24, 2.45) is 5.73 Å². The number of benzene rings is 1. The number of carbonyl (C=O) groups is 1. The third-order valence-corrected chi connectivity index (χ3v) is 3.54. The van der Waals surface area contributed by atoms with Gasteiger partial charge in [-0.25, -0.2) is 0 Å². The van der Waals surface area contributed by atoms with E-state index >= 15 is 0 Å². The van der Waals surface area contributed by atoms with Crippen molar-refractivity contribution in [3.63, 3.8) is 0 Å². The van der Waals surface area contributed by atoms with Crippen LogP contribution in [-0.4, -0.2) is 23.4 Å². The number of hydrogen-bond donors (Lipinski definition) is 1. The van der Waals surface area contributed by atoms with Crippen LogP contribution in [0.15, 0.2) is 24.3 Å². The fraction of sp³-hybridized carbons (Fsp3) is 0.500. The van der Waals surface area contributed by atoms with E-state index in [0.717, 1.165) is 32.4 Å². The van der Waals surface area contributed by atoms with Gasteiger partial charge in [0.25, 0.3) is 0 Å². The largest absolute Gasteiger partial charge is 0.368 e. The second kappa shape index (κ2) is 5.32. The summed E-state index contributed by atoms with van der Waals surface area (Å²) >= 11 is 0. The summed E-state index contributed by atoms with van der Waals surface area (Å²) in [7, 11) is 0. The van der Waals surface area contributed by atoms with Crippen molar-refractivity contribution in [3.05, 3.63) is 35.4 Å². The lowest BCUT2D eigenvalue weighted by atomic mass is 10.0. The van der Waals surface area contributed by atoms with E-state index in [-0.39, 0.29) is 11.9 Å². The number of nitrogens with zero attached hydrogens (tertiary/aromatic N) is 1.